The van der Waals surface area contributed by atoms with E-state index in [0.717, 1.165) is 109 Å². The minimum absolute atomic E-state index is 0.0456. The van der Waals surface area contributed by atoms with Gasteiger partial charge in [0, 0.05) is 67.8 Å². The van der Waals surface area contributed by atoms with Crippen molar-refractivity contribution in [1.29, 1.82) is 0 Å². The second-order valence-corrected chi connectivity index (χ2v) is 19.1. The summed E-state index contributed by atoms with van der Waals surface area (Å²) in [4.78, 5) is 36.7. The maximum absolute atomic E-state index is 13.6. The molecule has 6 heteroatoms. The van der Waals surface area contributed by atoms with Crippen LogP contribution in [0.25, 0.3) is 90.9 Å². The van der Waals surface area contributed by atoms with E-state index in [1.54, 1.807) is 24.5 Å². The minimum Gasteiger partial charge on any atom is -0.354 e. The molecule has 0 atom stereocenters. The first kappa shape index (κ1) is 47.0. The van der Waals surface area contributed by atoms with Crippen LogP contribution in [-0.2, 0) is 19.3 Å². The monoisotopic (exact) mass is 930 g/mol. The topological polar surface area (TPSA) is 87.3 Å². The van der Waals surface area contributed by atoms with E-state index in [2.05, 4.69) is 157 Å². The number of benzene rings is 4. The van der Waals surface area contributed by atoms with Crippen LogP contribution < -0.4 is 0 Å². The number of fused-ring (bicyclic) bond motifs is 8. The Labute approximate surface area is 418 Å². The van der Waals surface area contributed by atoms with Crippen LogP contribution in [0.3, 0.4) is 0 Å². The molecule has 71 heavy (non-hydrogen) atoms. The van der Waals surface area contributed by atoms with Gasteiger partial charge in [-0.25, -0.2) is 9.97 Å². The first-order chi connectivity index (χ1) is 35.0. The molecule has 2 aliphatic rings. The minimum atomic E-state index is -0.0456. The van der Waals surface area contributed by atoms with Gasteiger partial charge in [0.25, 0.3) is 0 Å². The lowest BCUT2D eigenvalue weighted by Gasteiger charge is -2.09. The molecule has 0 spiro atoms. The van der Waals surface area contributed by atoms with Crippen LogP contribution in [0.1, 0.15) is 134 Å². The Balaban J connectivity index is 1.23. The fourth-order valence-electron chi connectivity index (χ4n) is 10.1. The number of carbonyl (C=O) groups is 1. The van der Waals surface area contributed by atoms with Crippen LogP contribution in [0, 0.1) is 0 Å². The second kappa shape index (κ2) is 21.9. The van der Waals surface area contributed by atoms with Crippen LogP contribution in [0.15, 0.2) is 146 Å². The molecule has 6 nitrogen and oxygen atoms in total. The van der Waals surface area contributed by atoms with Gasteiger partial charge in [-0.05, 0) is 138 Å². The Morgan fingerprint density at radius 3 is 0.972 bits per heavy atom. The number of H-pyrrole nitrogens is 2. The Kier molecular flexibility index (Phi) is 14.5. The highest BCUT2D eigenvalue weighted by Gasteiger charge is 2.20. The molecule has 354 valence electrons. The highest BCUT2D eigenvalue weighted by molar-refractivity contribution is 6.09. The number of nitrogens with one attached hydrogen (secondary N) is 2. The zero-order valence-corrected chi connectivity index (χ0v) is 41.4. The van der Waals surface area contributed by atoms with E-state index < -0.39 is 0 Å². The van der Waals surface area contributed by atoms with Crippen molar-refractivity contribution >= 4 is 52.2 Å². The highest BCUT2D eigenvalue weighted by atomic mass is 16.1. The molecule has 4 aromatic carbocycles. The summed E-state index contributed by atoms with van der Waals surface area (Å²) in [5.41, 5.74) is 20.8. The average Bonchev–Trinajstić information content (AvgIpc) is 4.27. The molecule has 8 aromatic rings. The number of carbonyl (C=O) groups excluding carboxylic acids is 1. The van der Waals surface area contributed by atoms with Crippen LogP contribution in [0.2, 0.25) is 0 Å². The van der Waals surface area contributed by atoms with Crippen molar-refractivity contribution in [2.75, 3.05) is 0 Å². The average molecular weight is 930 g/mol. The number of rotatable bonds is 18. The van der Waals surface area contributed by atoms with Gasteiger partial charge in [0.2, 0.25) is 0 Å². The summed E-state index contributed by atoms with van der Waals surface area (Å²) in [6.45, 7) is 6.77. The van der Waals surface area contributed by atoms with E-state index in [-0.39, 0.29) is 5.78 Å². The summed E-state index contributed by atoms with van der Waals surface area (Å²) in [7, 11) is 0. The lowest BCUT2D eigenvalue weighted by atomic mass is 9.99. The third-order valence-corrected chi connectivity index (χ3v) is 14.1. The number of nitrogens with zero attached hydrogens (tertiary/aromatic N) is 3. The number of aryl methyl sites for hydroxylation is 3. The standard InChI is InChI=1S/C65H63N5O/c1-4-7-10-13-44-16-22-47(23-17-44)61-53-32-34-55(67-53)62(48-24-18-45(19-25-48)14-11-8-5-2)57-36-38-59(69-57)64(50-28-30-51(31-29-50)65(71)52-40-42-66-43-41-52)60-39-37-58(70-60)63(56-35-33-54(61)68-56)49-26-20-46(21-27-49)15-12-9-6-3/h16-43,67,70H,4-15H2,1-3H3. The maximum atomic E-state index is 13.6. The van der Waals surface area contributed by atoms with Crippen molar-refractivity contribution < 1.29 is 4.79 Å². The van der Waals surface area contributed by atoms with Gasteiger partial charge in [-0.15, -0.1) is 0 Å². The summed E-state index contributed by atoms with van der Waals surface area (Å²) in [6.07, 6.45) is 26.0. The maximum Gasteiger partial charge on any atom is 0.193 e. The Bertz CT molecular complexity index is 3320. The van der Waals surface area contributed by atoms with Crippen LogP contribution in [0.4, 0.5) is 0 Å². The Morgan fingerprint density at radius 1 is 0.366 bits per heavy atom. The molecule has 0 unspecified atom stereocenters. The zero-order valence-electron chi connectivity index (χ0n) is 41.4. The number of hydrogen-bond acceptors (Lipinski definition) is 4. The molecule has 0 aliphatic carbocycles. The van der Waals surface area contributed by atoms with Gasteiger partial charge in [0.1, 0.15) is 0 Å². The summed E-state index contributed by atoms with van der Waals surface area (Å²) in [6, 6.07) is 47.4. The predicted octanol–water partition coefficient (Wildman–Crippen LogP) is 17.1. The number of pyridine rings is 1. The molecular weight excluding hydrogens is 867 g/mol. The molecule has 10 rings (SSSR count). The molecule has 0 fully saturated rings. The number of unbranched alkanes of at least 4 members (excludes halogenated alkanes) is 6. The smallest absolute Gasteiger partial charge is 0.193 e. The molecule has 0 radical (unpaired) electrons. The van der Waals surface area contributed by atoms with Gasteiger partial charge in [0.15, 0.2) is 5.78 Å². The summed E-state index contributed by atoms with van der Waals surface area (Å²) in [5.74, 6) is -0.0456. The molecule has 0 amide bonds. The summed E-state index contributed by atoms with van der Waals surface area (Å²) in [5, 5.41) is 0. The number of ketones is 1. The molecule has 0 saturated heterocycles. The molecule has 2 aliphatic heterocycles. The lowest BCUT2D eigenvalue weighted by molar-refractivity contribution is 0.103. The van der Waals surface area contributed by atoms with Gasteiger partial charge < -0.3 is 9.97 Å². The van der Waals surface area contributed by atoms with Gasteiger partial charge in [0.05, 0.1) is 22.8 Å². The summed E-state index contributed by atoms with van der Waals surface area (Å²) < 4.78 is 0. The molecule has 2 N–H and O–H groups in total. The lowest BCUT2D eigenvalue weighted by Crippen LogP contribution is -2.01. The zero-order chi connectivity index (χ0) is 48.5. The third-order valence-electron chi connectivity index (χ3n) is 14.1. The van der Waals surface area contributed by atoms with Crippen molar-refractivity contribution in [1.82, 2.24) is 24.9 Å². The van der Waals surface area contributed by atoms with E-state index in [0.29, 0.717) is 11.1 Å². The number of hydrogen-bond donors (Lipinski definition) is 2. The fourth-order valence-corrected chi connectivity index (χ4v) is 10.1. The third kappa shape index (κ3) is 10.4. The largest absolute Gasteiger partial charge is 0.354 e. The predicted molar refractivity (Wildman–Crippen MR) is 298 cm³/mol. The SMILES string of the molecule is CCCCCc1ccc(-c2c3nc(c(-c4ccc(CCCCC)cc4)c4ccc([nH]4)c(-c4ccc(C(=O)c5ccncc5)cc4)c4nc(c(-c5ccc(CCCCC)cc5)c5ccc2[nH]5)C=C4)C=C3)cc1. The molecule has 0 saturated carbocycles. The Morgan fingerprint density at radius 2 is 0.662 bits per heavy atom. The van der Waals surface area contributed by atoms with Crippen molar-refractivity contribution in [2.45, 2.75) is 97.8 Å². The van der Waals surface area contributed by atoms with Gasteiger partial charge >= 0.3 is 0 Å². The summed E-state index contributed by atoms with van der Waals surface area (Å²) >= 11 is 0. The van der Waals surface area contributed by atoms with E-state index in [9.17, 15) is 4.79 Å². The Hall–Kier alpha value is -7.70. The van der Waals surface area contributed by atoms with Crippen LogP contribution in [0.5, 0.6) is 0 Å². The normalized spacial score (nSPS) is 11.9. The second-order valence-electron chi connectivity index (χ2n) is 19.1. The van der Waals surface area contributed by atoms with E-state index in [1.807, 2.05) is 24.3 Å². The molecule has 4 aromatic heterocycles. The van der Waals surface area contributed by atoms with Crippen molar-refractivity contribution in [3.63, 3.8) is 0 Å². The quantitative estimate of drug-likeness (QED) is 0.0663. The first-order valence-electron chi connectivity index (χ1n) is 26.0. The van der Waals surface area contributed by atoms with E-state index in [4.69, 9.17) is 9.97 Å². The van der Waals surface area contributed by atoms with E-state index in [1.165, 1.54) is 74.5 Å². The highest BCUT2D eigenvalue weighted by Crippen LogP contribution is 2.39. The number of aromatic nitrogens is 5. The van der Waals surface area contributed by atoms with Gasteiger partial charge in [-0.2, -0.15) is 0 Å². The van der Waals surface area contributed by atoms with Gasteiger partial charge in [-0.3, -0.25) is 9.78 Å². The molecule has 8 bridgehead atoms. The fraction of sp³-hybridized carbons (Fsp3) is 0.231. The van der Waals surface area contributed by atoms with Gasteiger partial charge in [-0.1, -0.05) is 156 Å². The number of aromatic amines is 2. The van der Waals surface area contributed by atoms with Crippen LogP contribution in [-0.4, -0.2) is 30.7 Å². The van der Waals surface area contributed by atoms with Crippen molar-refractivity contribution in [2.24, 2.45) is 0 Å². The molecular formula is C65H63N5O. The van der Waals surface area contributed by atoms with Crippen molar-refractivity contribution in [3.05, 3.63) is 196 Å². The first-order valence-corrected chi connectivity index (χ1v) is 26.0. The van der Waals surface area contributed by atoms with Crippen LogP contribution >= 0.6 is 0 Å². The van der Waals surface area contributed by atoms with E-state index >= 15 is 0 Å². The molecule has 6 heterocycles. The van der Waals surface area contributed by atoms with Crippen molar-refractivity contribution in [3.8, 4) is 44.5 Å².